The summed E-state index contributed by atoms with van der Waals surface area (Å²) in [4.78, 5) is 14.2. The molecule has 0 spiro atoms. The first kappa shape index (κ1) is 16.3. The monoisotopic (exact) mass is 334 g/mol. The molecule has 0 N–H and O–H groups in total. The molecule has 0 aliphatic carbocycles. The summed E-state index contributed by atoms with van der Waals surface area (Å²) < 4.78 is 29.7. The van der Waals surface area contributed by atoms with Crippen LogP contribution in [0.5, 0.6) is 0 Å². The van der Waals surface area contributed by atoms with Crippen LogP contribution in [0.1, 0.15) is 30.3 Å². The average Bonchev–Trinajstić information content (AvgIpc) is 2.80. The number of hydrogen-bond donors (Lipinski definition) is 0. The van der Waals surface area contributed by atoms with E-state index in [0.29, 0.717) is 18.8 Å². The van der Waals surface area contributed by atoms with Crippen LogP contribution in [0.4, 0.5) is 0 Å². The van der Waals surface area contributed by atoms with Gasteiger partial charge in [-0.2, -0.15) is 0 Å². The lowest BCUT2D eigenvalue weighted by Crippen LogP contribution is -2.49. The number of ether oxygens (including phenoxy) is 1. The number of halogens is 1. The standard InChI is InChI=1S/C13H19ClN2O4S/c1-13(20-3)5-4-6-16(9-13)12(17)11-7-10(8-15(11)2)21(14,18)19/h7-8H,4-6,9H2,1-3H3. The van der Waals surface area contributed by atoms with E-state index in [1.165, 1.54) is 16.8 Å². The number of amides is 1. The fourth-order valence-electron chi connectivity index (χ4n) is 2.59. The minimum atomic E-state index is -3.84. The molecule has 1 aliphatic rings. The summed E-state index contributed by atoms with van der Waals surface area (Å²) in [5.74, 6) is -0.216. The lowest BCUT2D eigenvalue weighted by Gasteiger charge is -2.39. The number of aryl methyl sites for hydroxylation is 1. The summed E-state index contributed by atoms with van der Waals surface area (Å²) in [5, 5.41) is 0. The highest BCUT2D eigenvalue weighted by Gasteiger charge is 2.34. The second-order valence-corrected chi connectivity index (χ2v) is 8.16. The highest BCUT2D eigenvalue weighted by molar-refractivity contribution is 8.13. The van der Waals surface area contributed by atoms with Gasteiger partial charge in [0.25, 0.3) is 15.0 Å². The molecule has 1 unspecified atom stereocenters. The van der Waals surface area contributed by atoms with Crippen LogP contribution in [0, 0.1) is 0 Å². The number of methoxy groups -OCH3 is 1. The number of rotatable bonds is 3. The fraction of sp³-hybridized carbons (Fsp3) is 0.615. The summed E-state index contributed by atoms with van der Waals surface area (Å²) in [6, 6.07) is 1.31. The molecule has 1 aromatic rings. The van der Waals surface area contributed by atoms with Crippen molar-refractivity contribution in [2.75, 3.05) is 20.2 Å². The Hall–Kier alpha value is -1.05. The van der Waals surface area contributed by atoms with Crippen molar-refractivity contribution < 1.29 is 17.9 Å². The summed E-state index contributed by atoms with van der Waals surface area (Å²) >= 11 is 0. The number of carbonyl (C=O) groups excluding carboxylic acids is 1. The molecule has 21 heavy (non-hydrogen) atoms. The highest BCUT2D eigenvalue weighted by Crippen LogP contribution is 2.26. The van der Waals surface area contributed by atoms with E-state index in [1.54, 1.807) is 19.1 Å². The maximum atomic E-state index is 12.6. The van der Waals surface area contributed by atoms with Crippen molar-refractivity contribution in [3.05, 3.63) is 18.0 Å². The molecule has 0 saturated carbocycles. The molecule has 0 aromatic carbocycles. The Morgan fingerprint density at radius 2 is 2.14 bits per heavy atom. The predicted octanol–water partition coefficient (Wildman–Crippen LogP) is 1.59. The molecular formula is C13H19ClN2O4S. The predicted molar refractivity (Wildman–Crippen MR) is 79.0 cm³/mol. The largest absolute Gasteiger partial charge is 0.377 e. The molecule has 2 heterocycles. The van der Waals surface area contributed by atoms with Gasteiger partial charge in [0.15, 0.2) is 0 Å². The molecule has 118 valence electrons. The molecule has 0 bridgehead atoms. The number of aromatic nitrogens is 1. The van der Waals surface area contributed by atoms with Gasteiger partial charge in [-0.1, -0.05) is 0 Å². The number of likely N-dealkylation sites (tertiary alicyclic amines) is 1. The number of nitrogens with zero attached hydrogens (tertiary/aromatic N) is 2. The minimum absolute atomic E-state index is 0.0680. The summed E-state index contributed by atoms with van der Waals surface area (Å²) in [6.45, 7) is 3.08. The maximum absolute atomic E-state index is 12.6. The molecule has 2 rings (SSSR count). The van der Waals surface area contributed by atoms with Gasteiger partial charge in [-0.3, -0.25) is 4.79 Å². The molecule has 1 aromatic heterocycles. The van der Waals surface area contributed by atoms with Crippen molar-refractivity contribution in [3.63, 3.8) is 0 Å². The lowest BCUT2D eigenvalue weighted by atomic mass is 9.94. The van der Waals surface area contributed by atoms with Crippen LogP contribution in [-0.2, 0) is 20.8 Å². The quantitative estimate of drug-likeness (QED) is 0.787. The van der Waals surface area contributed by atoms with Crippen LogP contribution in [-0.4, -0.2) is 49.6 Å². The van der Waals surface area contributed by atoms with Crippen LogP contribution >= 0.6 is 10.7 Å². The zero-order valence-electron chi connectivity index (χ0n) is 12.3. The first-order valence-corrected chi connectivity index (χ1v) is 8.93. The van der Waals surface area contributed by atoms with E-state index in [1.807, 2.05) is 6.92 Å². The zero-order chi connectivity index (χ0) is 15.8. The molecule has 6 nitrogen and oxygen atoms in total. The van der Waals surface area contributed by atoms with Crippen LogP contribution in [0.2, 0.25) is 0 Å². The zero-order valence-corrected chi connectivity index (χ0v) is 13.9. The Morgan fingerprint density at radius 3 is 2.67 bits per heavy atom. The average molecular weight is 335 g/mol. The van der Waals surface area contributed by atoms with E-state index in [-0.39, 0.29) is 16.4 Å². The Labute approximate surface area is 129 Å². The molecule has 1 atom stereocenters. The number of carbonyl (C=O) groups is 1. The normalized spacial score (nSPS) is 23.3. The highest BCUT2D eigenvalue weighted by atomic mass is 35.7. The minimum Gasteiger partial charge on any atom is -0.377 e. The molecule has 0 radical (unpaired) electrons. The number of hydrogen-bond acceptors (Lipinski definition) is 4. The van der Waals surface area contributed by atoms with E-state index in [9.17, 15) is 13.2 Å². The first-order chi connectivity index (χ1) is 9.66. The van der Waals surface area contributed by atoms with Crippen molar-refractivity contribution in [3.8, 4) is 0 Å². The summed E-state index contributed by atoms with van der Waals surface area (Å²) in [7, 11) is 4.73. The van der Waals surface area contributed by atoms with E-state index in [4.69, 9.17) is 15.4 Å². The van der Waals surface area contributed by atoms with Gasteiger partial charge in [-0.05, 0) is 25.8 Å². The third kappa shape index (κ3) is 3.41. The third-order valence-electron chi connectivity index (χ3n) is 3.92. The van der Waals surface area contributed by atoms with Crippen LogP contribution in [0.25, 0.3) is 0 Å². The molecule has 8 heteroatoms. The Bertz CT molecular complexity index is 655. The topological polar surface area (TPSA) is 68.6 Å². The molecule has 1 fully saturated rings. The Kier molecular flexibility index (Phi) is 4.37. The van der Waals surface area contributed by atoms with E-state index in [0.717, 1.165) is 12.8 Å². The van der Waals surface area contributed by atoms with E-state index in [2.05, 4.69) is 0 Å². The molecule has 1 amide bonds. The first-order valence-electron chi connectivity index (χ1n) is 6.62. The Morgan fingerprint density at radius 1 is 1.48 bits per heavy atom. The molecule has 1 saturated heterocycles. The van der Waals surface area contributed by atoms with Gasteiger partial charge in [-0.15, -0.1) is 0 Å². The van der Waals surface area contributed by atoms with Crippen molar-refractivity contribution in [2.45, 2.75) is 30.3 Å². The van der Waals surface area contributed by atoms with Crippen LogP contribution in [0.3, 0.4) is 0 Å². The fourth-order valence-corrected chi connectivity index (χ4v) is 3.38. The van der Waals surface area contributed by atoms with Gasteiger partial charge in [0.1, 0.15) is 10.6 Å². The second-order valence-electron chi connectivity index (χ2n) is 5.59. The van der Waals surface area contributed by atoms with Gasteiger partial charge in [0.2, 0.25) is 0 Å². The smallest absolute Gasteiger partial charge is 0.270 e. The molecular weight excluding hydrogens is 316 g/mol. The van der Waals surface area contributed by atoms with Crippen molar-refractivity contribution in [1.29, 1.82) is 0 Å². The van der Waals surface area contributed by atoms with Gasteiger partial charge >= 0.3 is 0 Å². The number of piperidine rings is 1. The van der Waals surface area contributed by atoms with Crippen LogP contribution < -0.4 is 0 Å². The van der Waals surface area contributed by atoms with E-state index < -0.39 is 9.05 Å². The maximum Gasteiger partial charge on any atom is 0.270 e. The van der Waals surface area contributed by atoms with Crippen molar-refractivity contribution in [1.82, 2.24) is 9.47 Å². The molecule has 1 aliphatic heterocycles. The van der Waals surface area contributed by atoms with Gasteiger partial charge in [0, 0.05) is 44.1 Å². The van der Waals surface area contributed by atoms with E-state index >= 15 is 0 Å². The summed E-state index contributed by atoms with van der Waals surface area (Å²) in [6.07, 6.45) is 3.08. The lowest BCUT2D eigenvalue weighted by molar-refractivity contribution is -0.0442. The van der Waals surface area contributed by atoms with Gasteiger partial charge < -0.3 is 14.2 Å². The van der Waals surface area contributed by atoms with Gasteiger partial charge in [-0.25, -0.2) is 8.42 Å². The van der Waals surface area contributed by atoms with Gasteiger partial charge in [0.05, 0.1) is 5.60 Å². The Balaban J connectivity index is 2.26. The third-order valence-corrected chi connectivity index (χ3v) is 5.24. The SMILES string of the molecule is COC1(C)CCCN(C(=O)c2cc(S(=O)(=O)Cl)cn2C)C1. The summed E-state index contributed by atoms with van der Waals surface area (Å²) in [5.41, 5.74) is -0.0601. The van der Waals surface area contributed by atoms with Crippen molar-refractivity contribution >= 4 is 25.6 Å². The second kappa shape index (κ2) is 5.62. The van der Waals surface area contributed by atoms with Crippen LogP contribution in [0.15, 0.2) is 17.2 Å². The van der Waals surface area contributed by atoms with Crippen molar-refractivity contribution in [2.24, 2.45) is 7.05 Å².